The Balaban J connectivity index is 1.17. The van der Waals surface area contributed by atoms with Crippen LogP contribution in [0.1, 0.15) is 6.42 Å². The number of nitrogens with one attached hydrogen (secondary N) is 2. The van der Waals surface area contributed by atoms with Crippen molar-refractivity contribution in [2.75, 3.05) is 102 Å². The van der Waals surface area contributed by atoms with Crippen molar-refractivity contribution in [1.82, 2.24) is 24.7 Å². The highest BCUT2D eigenvalue weighted by molar-refractivity contribution is 6.31. The molecule has 44 heavy (non-hydrogen) atoms. The average Bonchev–Trinajstić information content (AvgIpc) is 3.03. The summed E-state index contributed by atoms with van der Waals surface area (Å²) < 4.78 is 11.7. The summed E-state index contributed by atoms with van der Waals surface area (Å²) in [5.74, 6) is 1.56. The Bertz CT molecular complexity index is 1400. The zero-order valence-electron chi connectivity index (χ0n) is 25.3. The van der Waals surface area contributed by atoms with Crippen LogP contribution >= 0.6 is 11.6 Å². The summed E-state index contributed by atoms with van der Waals surface area (Å²) >= 11 is 6.39. The highest BCUT2D eigenvalue weighted by Crippen LogP contribution is 2.34. The van der Waals surface area contributed by atoms with Crippen molar-refractivity contribution in [2.45, 2.75) is 6.42 Å². The molecule has 3 N–H and O–H groups in total. The van der Waals surface area contributed by atoms with E-state index in [2.05, 4.69) is 53.3 Å². The molecule has 5 rings (SSSR count). The van der Waals surface area contributed by atoms with E-state index in [1.165, 1.54) is 6.20 Å². The van der Waals surface area contributed by atoms with Crippen LogP contribution in [0.25, 0.3) is 0 Å². The van der Waals surface area contributed by atoms with E-state index in [9.17, 15) is 4.79 Å². The van der Waals surface area contributed by atoms with Crippen LogP contribution in [0.15, 0.2) is 48.7 Å². The molecular formula is C31H41ClN8O4. The fourth-order valence-electron chi connectivity index (χ4n) is 5.26. The fraction of sp³-hybridized carbons (Fsp3) is 0.452. The monoisotopic (exact) mass is 624 g/mol. The van der Waals surface area contributed by atoms with E-state index in [0.29, 0.717) is 42.6 Å². The van der Waals surface area contributed by atoms with Gasteiger partial charge in [0, 0.05) is 95.4 Å². The predicted octanol–water partition coefficient (Wildman–Crippen LogP) is 3.36. The highest BCUT2D eigenvalue weighted by atomic mass is 35.5. The zero-order chi connectivity index (χ0) is 30.9. The normalized spacial score (nSPS) is 16.5. The number of aliphatic hydroxyl groups excluding tert-OH is 1. The lowest BCUT2D eigenvalue weighted by Gasteiger charge is -2.34. The Labute approximate surface area is 263 Å². The topological polar surface area (TPSA) is 119 Å². The molecule has 2 aliphatic heterocycles. The fourth-order valence-corrected chi connectivity index (χ4v) is 5.39. The lowest BCUT2D eigenvalue weighted by atomic mass is 10.2. The van der Waals surface area contributed by atoms with Gasteiger partial charge in [-0.05, 0) is 31.3 Å². The molecule has 0 atom stereocenters. The number of piperazine rings is 2. The molecule has 3 aromatic rings. The maximum atomic E-state index is 12.7. The van der Waals surface area contributed by atoms with E-state index in [1.807, 2.05) is 18.2 Å². The smallest absolute Gasteiger partial charge is 0.243 e. The van der Waals surface area contributed by atoms with Crippen molar-refractivity contribution >= 4 is 40.5 Å². The summed E-state index contributed by atoms with van der Waals surface area (Å²) in [6.07, 6.45) is 1.87. The summed E-state index contributed by atoms with van der Waals surface area (Å²) in [7, 11) is 3.77. The Morgan fingerprint density at radius 3 is 2.48 bits per heavy atom. The van der Waals surface area contributed by atoms with Crippen molar-refractivity contribution in [3.8, 4) is 17.4 Å². The van der Waals surface area contributed by atoms with Crippen LogP contribution in [0, 0.1) is 0 Å². The molecule has 12 nitrogen and oxygen atoms in total. The van der Waals surface area contributed by atoms with Gasteiger partial charge in [-0.15, -0.1) is 0 Å². The third-order valence-corrected chi connectivity index (χ3v) is 8.14. The van der Waals surface area contributed by atoms with Gasteiger partial charge in [-0.25, -0.2) is 4.98 Å². The minimum atomic E-state index is -0.0703. The van der Waals surface area contributed by atoms with E-state index in [-0.39, 0.29) is 23.4 Å². The molecule has 3 heterocycles. The third-order valence-electron chi connectivity index (χ3n) is 7.88. The molecule has 2 aromatic carbocycles. The summed E-state index contributed by atoms with van der Waals surface area (Å²) in [6, 6.07) is 13.1. The van der Waals surface area contributed by atoms with E-state index in [1.54, 1.807) is 25.3 Å². The average molecular weight is 625 g/mol. The van der Waals surface area contributed by atoms with Gasteiger partial charge in [0.2, 0.25) is 17.7 Å². The maximum Gasteiger partial charge on any atom is 0.243 e. The number of aromatic nitrogens is 2. The molecule has 0 bridgehead atoms. The Kier molecular flexibility index (Phi) is 11.1. The number of hydrogen-bond acceptors (Lipinski definition) is 11. The first-order valence-corrected chi connectivity index (χ1v) is 15.3. The number of aliphatic hydroxyl groups is 1. The van der Waals surface area contributed by atoms with E-state index >= 15 is 0 Å². The van der Waals surface area contributed by atoms with E-state index in [4.69, 9.17) is 26.2 Å². The first kappa shape index (κ1) is 31.7. The largest absolute Gasteiger partial charge is 0.494 e. The Hall–Kier alpha value is -3.68. The van der Waals surface area contributed by atoms with Crippen LogP contribution in [0.2, 0.25) is 5.02 Å². The minimum absolute atomic E-state index is 0.0703. The maximum absolute atomic E-state index is 12.7. The molecule has 1 amide bonds. The molecule has 0 spiro atoms. The number of carbonyl (C=O) groups is 1. The summed E-state index contributed by atoms with van der Waals surface area (Å²) in [4.78, 5) is 30.6. The number of carbonyl (C=O) groups excluding carboxylic acids is 1. The second kappa shape index (κ2) is 15.4. The molecular weight excluding hydrogens is 584 g/mol. The SMILES string of the molecule is COc1cc(N2CCN(C)CC2)ccc1Nc1ncc(Cl)c(Oc2cccc(NC(=O)CCN3CCN(CCO)CC3)c2)n1. The van der Waals surface area contributed by atoms with Crippen molar-refractivity contribution in [3.05, 3.63) is 53.7 Å². The number of likely N-dealkylation sites (N-methyl/N-ethyl adjacent to an activating group) is 1. The second-order valence-electron chi connectivity index (χ2n) is 11.0. The van der Waals surface area contributed by atoms with Crippen molar-refractivity contribution < 1.29 is 19.4 Å². The molecule has 2 aliphatic rings. The number of hydrogen-bond donors (Lipinski definition) is 3. The molecule has 2 saturated heterocycles. The number of ether oxygens (including phenoxy) is 2. The third kappa shape index (κ3) is 8.70. The number of β-amino-alcohol motifs (C(OH)–C–C–N with tert-alkyl or cyclic N) is 1. The minimum Gasteiger partial charge on any atom is -0.494 e. The van der Waals surface area contributed by atoms with Crippen LogP contribution in [0.5, 0.6) is 17.4 Å². The van der Waals surface area contributed by atoms with Gasteiger partial charge < -0.3 is 39.9 Å². The Morgan fingerprint density at radius 2 is 1.75 bits per heavy atom. The lowest BCUT2D eigenvalue weighted by molar-refractivity contribution is -0.116. The summed E-state index contributed by atoms with van der Waals surface area (Å²) in [5.41, 5.74) is 2.44. The molecule has 0 radical (unpaired) electrons. The quantitative estimate of drug-likeness (QED) is 0.275. The number of rotatable bonds is 12. The molecule has 1 aromatic heterocycles. The molecule has 2 fully saturated rings. The first-order valence-electron chi connectivity index (χ1n) is 14.9. The van der Waals surface area contributed by atoms with Crippen LogP contribution in [0.4, 0.5) is 23.0 Å². The van der Waals surface area contributed by atoms with E-state index in [0.717, 1.165) is 63.7 Å². The van der Waals surface area contributed by atoms with Gasteiger partial charge in [0.15, 0.2) is 0 Å². The Morgan fingerprint density at radius 1 is 1.00 bits per heavy atom. The zero-order valence-corrected chi connectivity index (χ0v) is 26.1. The summed E-state index contributed by atoms with van der Waals surface area (Å²) in [5, 5.41) is 15.5. The van der Waals surface area contributed by atoms with Gasteiger partial charge in [-0.2, -0.15) is 4.98 Å². The van der Waals surface area contributed by atoms with Crippen LogP contribution in [-0.2, 0) is 4.79 Å². The summed E-state index contributed by atoms with van der Waals surface area (Å²) in [6.45, 7) is 9.11. The van der Waals surface area contributed by atoms with Crippen molar-refractivity contribution in [1.29, 1.82) is 0 Å². The standard InChI is InChI=1S/C31H41ClN8O4/c1-37-10-16-40(17-11-37)24-6-7-27(28(21-24)43-2)35-31-33-22-26(32)30(36-31)44-25-5-3-4-23(20-25)34-29(42)8-9-38-12-14-39(15-13-38)18-19-41/h3-7,20-22,41H,8-19H2,1-2H3,(H,34,42)(H,33,35,36). The van der Waals surface area contributed by atoms with Gasteiger partial charge in [-0.3, -0.25) is 9.69 Å². The number of benzene rings is 2. The number of nitrogens with zero attached hydrogens (tertiary/aromatic N) is 6. The van der Waals surface area contributed by atoms with Crippen LogP contribution < -0.4 is 25.0 Å². The van der Waals surface area contributed by atoms with Crippen LogP contribution in [-0.4, -0.2) is 122 Å². The molecule has 13 heteroatoms. The number of methoxy groups -OCH3 is 1. The molecule has 0 aliphatic carbocycles. The number of amides is 1. The van der Waals surface area contributed by atoms with Gasteiger partial charge in [0.1, 0.15) is 16.5 Å². The lowest BCUT2D eigenvalue weighted by Crippen LogP contribution is -2.47. The van der Waals surface area contributed by atoms with Crippen LogP contribution in [0.3, 0.4) is 0 Å². The van der Waals surface area contributed by atoms with E-state index < -0.39 is 0 Å². The second-order valence-corrected chi connectivity index (χ2v) is 11.4. The van der Waals surface area contributed by atoms with Gasteiger partial charge in [0.25, 0.3) is 0 Å². The number of halogens is 1. The molecule has 236 valence electrons. The highest BCUT2D eigenvalue weighted by Gasteiger charge is 2.18. The molecule has 0 unspecified atom stereocenters. The van der Waals surface area contributed by atoms with Crippen molar-refractivity contribution in [3.63, 3.8) is 0 Å². The van der Waals surface area contributed by atoms with Gasteiger partial charge >= 0.3 is 0 Å². The molecule has 0 saturated carbocycles. The first-order chi connectivity index (χ1) is 21.4. The van der Waals surface area contributed by atoms with Crippen molar-refractivity contribution in [2.24, 2.45) is 0 Å². The van der Waals surface area contributed by atoms with Gasteiger partial charge in [-0.1, -0.05) is 17.7 Å². The predicted molar refractivity (Wildman–Crippen MR) is 173 cm³/mol. The number of anilines is 4. The van der Waals surface area contributed by atoms with Gasteiger partial charge in [0.05, 0.1) is 25.6 Å².